The van der Waals surface area contributed by atoms with Gasteiger partial charge >= 0.3 is 13.3 Å². The third-order valence-electron chi connectivity index (χ3n) is 3.52. The van der Waals surface area contributed by atoms with Gasteiger partial charge in [-0.3, -0.25) is 14.3 Å². The molecule has 2 aromatic rings. The summed E-state index contributed by atoms with van der Waals surface area (Å²) in [5, 5.41) is 0. The van der Waals surface area contributed by atoms with Crippen molar-refractivity contribution in [3.05, 3.63) is 75.1 Å². The Labute approximate surface area is 154 Å². The molecule has 0 fully saturated rings. The van der Waals surface area contributed by atoms with Crippen LogP contribution in [0.25, 0.3) is 0 Å². The van der Waals surface area contributed by atoms with Crippen molar-refractivity contribution >= 4 is 7.60 Å². The van der Waals surface area contributed by atoms with Crippen LogP contribution in [0.2, 0.25) is 0 Å². The number of ether oxygens (including phenoxy) is 2. The van der Waals surface area contributed by atoms with Crippen LogP contribution in [-0.2, 0) is 14.0 Å². The minimum atomic E-state index is -4.03. The molecule has 10 nitrogen and oxygen atoms in total. The van der Waals surface area contributed by atoms with Gasteiger partial charge in [0.05, 0.1) is 0 Å². The van der Waals surface area contributed by atoms with Crippen LogP contribution < -0.4 is 21.9 Å². The first-order valence-corrected chi connectivity index (χ1v) is 9.44. The zero-order valence-corrected chi connectivity index (χ0v) is 15.4. The molecule has 0 aliphatic carbocycles. The second-order valence-electron chi connectivity index (χ2n) is 5.60. The van der Waals surface area contributed by atoms with Crippen LogP contribution in [0, 0.1) is 6.92 Å². The number of aromatic amines is 1. The van der Waals surface area contributed by atoms with Gasteiger partial charge in [-0.1, -0.05) is 18.2 Å². The quantitative estimate of drug-likeness (QED) is 0.491. The van der Waals surface area contributed by atoms with E-state index >= 15 is 0 Å². The summed E-state index contributed by atoms with van der Waals surface area (Å²) in [6.07, 6.45) is 2.09. The third-order valence-corrected chi connectivity index (χ3v) is 4.49. The lowest BCUT2D eigenvalue weighted by Gasteiger charge is -2.18. The van der Waals surface area contributed by atoms with E-state index in [2.05, 4.69) is 4.98 Å². The minimum absolute atomic E-state index is 0. The largest absolute Gasteiger partial charge is 0.423 e. The van der Waals surface area contributed by atoms with E-state index in [-0.39, 0.29) is 11.9 Å². The van der Waals surface area contributed by atoms with Crippen molar-refractivity contribution in [2.24, 2.45) is 0 Å². The van der Waals surface area contributed by atoms with Gasteiger partial charge in [-0.15, -0.1) is 0 Å². The summed E-state index contributed by atoms with van der Waals surface area (Å²) in [6.45, 7) is 1.56. The molecule has 1 aromatic heterocycles. The number of para-hydroxylation sites is 1. The van der Waals surface area contributed by atoms with E-state index in [1.807, 2.05) is 0 Å². The van der Waals surface area contributed by atoms with Crippen LogP contribution in [-0.4, -0.2) is 27.1 Å². The fraction of sp³-hybridized carbons (Fsp3) is 0.250. The molecule has 2 heterocycles. The molecule has 0 saturated heterocycles. The monoisotopic (exact) mass is 397 g/mol. The summed E-state index contributed by atoms with van der Waals surface area (Å²) < 4.78 is 29.0. The maximum atomic E-state index is 12.1. The maximum Gasteiger partial charge on any atom is 0.402 e. The highest BCUT2D eigenvalue weighted by Crippen LogP contribution is 2.43. The first kappa shape index (κ1) is 20.8. The van der Waals surface area contributed by atoms with Crippen LogP contribution in [0.4, 0.5) is 0 Å². The lowest BCUT2D eigenvalue weighted by atomic mass is 10.3. The molecule has 1 aliphatic rings. The average molecular weight is 397 g/mol. The van der Waals surface area contributed by atoms with Crippen molar-refractivity contribution in [1.82, 2.24) is 15.7 Å². The third kappa shape index (κ3) is 5.25. The van der Waals surface area contributed by atoms with Crippen molar-refractivity contribution in [3.63, 3.8) is 0 Å². The highest BCUT2D eigenvalue weighted by Gasteiger charge is 2.27. The summed E-state index contributed by atoms with van der Waals surface area (Å²) >= 11 is 0. The van der Waals surface area contributed by atoms with E-state index in [9.17, 15) is 19.0 Å². The van der Waals surface area contributed by atoms with Gasteiger partial charge in [-0.25, -0.2) is 9.36 Å². The van der Waals surface area contributed by atoms with E-state index in [4.69, 9.17) is 14.0 Å². The molecule has 0 amide bonds. The number of rotatable bonds is 6. The van der Waals surface area contributed by atoms with E-state index < -0.39 is 37.7 Å². The molecule has 0 saturated carbocycles. The highest BCUT2D eigenvalue weighted by molar-refractivity contribution is 7.53. The summed E-state index contributed by atoms with van der Waals surface area (Å²) in [5.41, 5.74) is -0.751. The molecular weight excluding hydrogens is 377 g/mol. The molecule has 0 spiro atoms. The maximum absolute atomic E-state index is 12.1. The van der Waals surface area contributed by atoms with Gasteiger partial charge in [-0.2, -0.15) is 0 Å². The van der Waals surface area contributed by atoms with Crippen molar-refractivity contribution in [1.29, 1.82) is 0 Å². The Bertz CT molecular complexity index is 970. The Morgan fingerprint density at radius 3 is 2.67 bits per heavy atom. The van der Waals surface area contributed by atoms with Gasteiger partial charge in [0.25, 0.3) is 5.56 Å². The van der Waals surface area contributed by atoms with Crippen molar-refractivity contribution in [3.8, 4) is 5.75 Å². The molecule has 3 rings (SSSR count). The molecule has 0 bridgehead atoms. The number of nitrogens with zero attached hydrogens (tertiary/aromatic N) is 1. The van der Waals surface area contributed by atoms with Gasteiger partial charge in [0.2, 0.25) is 0 Å². The molecule has 1 unspecified atom stereocenters. The van der Waals surface area contributed by atoms with E-state index in [1.165, 1.54) is 16.8 Å². The van der Waals surface area contributed by atoms with E-state index in [0.29, 0.717) is 5.56 Å². The molecule has 1 aromatic carbocycles. The van der Waals surface area contributed by atoms with E-state index in [1.54, 1.807) is 43.3 Å². The minimum Gasteiger partial charge on any atom is -0.423 e. The molecule has 0 radical (unpaired) electrons. The Hall–Kier alpha value is -2.49. The van der Waals surface area contributed by atoms with Crippen LogP contribution in [0.3, 0.4) is 0 Å². The molecule has 11 heteroatoms. The van der Waals surface area contributed by atoms with Gasteiger partial charge in [0.15, 0.2) is 18.9 Å². The van der Waals surface area contributed by atoms with Crippen molar-refractivity contribution in [2.45, 2.75) is 19.4 Å². The number of H-pyrrole nitrogens is 1. The topological polar surface area (TPSA) is 155 Å². The first-order valence-electron chi connectivity index (χ1n) is 7.68. The molecule has 3 atom stereocenters. The Kier molecular flexibility index (Phi) is 6.53. The van der Waals surface area contributed by atoms with Gasteiger partial charge in [0, 0.05) is 11.8 Å². The Balaban J connectivity index is 0.00000261. The summed E-state index contributed by atoms with van der Waals surface area (Å²) in [5.74, 6) is 0.248. The zero-order chi connectivity index (χ0) is 18.7. The lowest BCUT2D eigenvalue weighted by molar-refractivity contribution is -0.127. The second-order valence-corrected chi connectivity index (χ2v) is 7.31. The molecule has 27 heavy (non-hydrogen) atoms. The van der Waals surface area contributed by atoms with Gasteiger partial charge in [-0.05, 0) is 31.2 Å². The summed E-state index contributed by atoms with van der Waals surface area (Å²) in [6, 6.07) is 8.20. The fourth-order valence-corrected chi connectivity index (χ4v) is 3.12. The van der Waals surface area contributed by atoms with Crippen LogP contribution in [0.1, 0.15) is 11.8 Å². The van der Waals surface area contributed by atoms with Crippen LogP contribution in [0.5, 0.6) is 5.75 Å². The van der Waals surface area contributed by atoms with E-state index in [0.717, 1.165) is 0 Å². The molecular formula is C16H20N3O7P. The summed E-state index contributed by atoms with van der Waals surface area (Å²) in [7, 11) is -4.03. The second kappa shape index (κ2) is 8.47. The number of nitrogens with one attached hydrogen (secondary N) is 1. The number of aromatic nitrogens is 2. The number of hydrogen-bond donors (Lipinski definition) is 3. The predicted molar refractivity (Wildman–Crippen MR) is 97.0 cm³/mol. The average Bonchev–Trinajstić information content (AvgIpc) is 3.06. The first-order chi connectivity index (χ1) is 12.3. The SMILES string of the molecule is Cc1cn([C@H]2C=C[C@@H](OCP(=O)(O)Oc3ccccc3)O2)c(=O)[nH]c1=O.N. The lowest BCUT2D eigenvalue weighted by Crippen LogP contribution is -2.33. The van der Waals surface area contributed by atoms with Crippen molar-refractivity contribution in [2.75, 3.05) is 6.35 Å². The molecule has 146 valence electrons. The predicted octanol–water partition coefficient (Wildman–Crippen LogP) is 1.66. The standard InChI is InChI=1S/C16H17N2O7P.H3N/c1-11-9-18(16(20)17-15(11)19)13-7-8-14(24-13)23-10-26(21,22)25-12-5-3-2-4-6-12;/h2-9,13-14H,10H2,1H3,(H,21,22)(H,17,19,20);1H3/t13-,14+;/m1./s1. The van der Waals surface area contributed by atoms with Crippen LogP contribution in [0.15, 0.2) is 58.3 Å². The van der Waals surface area contributed by atoms with Crippen LogP contribution >= 0.6 is 7.60 Å². The fourth-order valence-electron chi connectivity index (χ4n) is 2.28. The van der Waals surface area contributed by atoms with Gasteiger partial charge in [0.1, 0.15) is 5.75 Å². The summed E-state index contributed by atoms with van der Waals surface area (Å²) in [4.78, 5) is 35.3. The zero-order valence-electron chi connectivity index (χ0n) is 14.5. The Morgan fingerprint density at radius 2 is 1.96 bits per heavy atom. The molecule has 1 aliphatic heterocycles. The highest BCUT2D eigenvalue weighted by atomic mass is 31.2. The number of hydrogen-bond acceptors (Lipinski definition) is 7. The number of aryl methyl sites for hydroxylation is 1. The Morgan fingerprint density at radius 1 is 1.26 bits per heavy atom. The number of benzene rings is 1. The molecule has 5 N–H and O–H groups in total. The smallest absolute Gasteiger partial charge is 0.402 e. The van der Waals surface area contributed by atoms with Crippen molar-refractivity contribution < 1.29 is 23.5 Å². The normalized spacial score (nSPS) is 20.7. The van der Waals surface area contributed by atoms with Gasteiger partial charge < -0.3 is 25.0 Å².